The van der Waals surface area contributed by atoms with E-state index in [1.165, 1.54) is 32.1 Å². The van der Waals surface area contributed by atoms with E-state index in [1.807, 2.05) is 0 Å². The molecule has 0 aromatic carbocycles. The van der Waals surface area contributed by atoms with Crippen LogP contribution in [0.3, 0.4) is 0 Å². The summed E-state index contributed by atoms with van der Waals surface area (Å²) in [6.07, 6.45) is 7.54. The number of rotatable bonds is 4. The normalized spacial score (nSPS) is 35.6. The van der Waals surface area contributed by atoms with Gasteiger partial charge in [0.25, 0.3) is 0 Å². The lowest BCUT2D eigenvalue weighted by Gasteiger charge is -2.28. The van der Waals surface area contributed by atoms with Crippen LogP contribution in [0.5, 0.6) is 0 Å². The predicted molar refractivity (Wildman–Crippen MR) is 56.8 cm³/mol. The maximum absolute atomic E-state index is 5.84. The standard InChI is InChI=1S/C11H22N2O/c12-6-9(11-10(7-13)14-11)8-4-2-1-3-5-8/h8-11H,1-7,12-13H2. The zero-order valence-corrected chi connectivity index (χ0v) is 8.82. The molecule has 4 N–H and O–H groups in total. The molecule has 1 aliphatic heterocycles. The Morgan fingerprint density at radius 3 is 2.36 bits per heavy atom. The van der Waals surface area contributed by atoms with Crippen molar-refractivity contribution >= 4 is 0 Å². The van der Waals surface area contributed by atoms with E-state index in [4.69, 9.17) is 16.2 Å². The zero-order valence-electron chi connectivity index (χ0n) is 8.82. The van der Waals surface area contributed by atoms with Gasteiger partial charge in [-0.2, -0.15) is 0 Å². The summed E-state index contributed by atoms with van der Waals surface area (Å²) in [5, 5.41) is 0. The first-order chi connectivity index (χ1) is 6.86. The van der Waals surface area contributed by atoms with Crippen LogP contribution in [0.1, 0.15) is 32.1 Å². The molecule has 1 aliphatic carbocycles. The fourth-order valence-corrected chi connectivity index (χ4v) is 2.88. The molecule has 0 aromatic heterocycles. The van der Waals surface area contributed by atoms with E-state index in [-0.39, 0.29) is 0 Å². The minimum absolute atomic E-state index is 0.311. The van der Waals surface area contributed by atoms with Crippen LogP contribution >= 0.6 is 0 Å². The average Bonchev–Trinajstić information content (AvgIpc) is 3.00. The molecule has 2 aliphatic rings. The molecule has 82 valence electrons. The van der Waals surface area contributed by atoms with Gasteiger partial charge in [-0.3, -0.25) is 0 Å². The van der Waals surface area contributed by atoms with Gasteiger partial charge >= 0.3 is 0 Å². The lowest BCUT2D eigenvalue weighted by Crippen LogP contribution is -2.31. The molecule has 1 heterocycles. The summed E-state index contributed by atoms with van der Waals surface area (Å²) in [5.74, 6) is 1.37. The van der Waals surface area contributed by atoms with Gasteiger partial charge < -0.3 is 16.2 Å². The second-order valence-electron chi connectivity index (χ2n) is 4.67. The maximum Gasteiger partial charge on any atom is 0.0967 e. The first-order valence-electron chi connectivity index (χ1n) is 5.92. The van der Waals surface area contributed by atoms with Crippen LogP contribution in [-0.2, 0) is 4.74 Å². The molecule has 0 radical (unpaired) electrons. The second-order valence-corrected chi connectivity index (χ2v) is 4.67. The highest BCUT2D eigenvalue weighted by Gasteiger charge is 2.45. The average molecular weight is 198 g/mol. The summed E-state index contributed by atoms with van der Waals surface area (Å²) in [4.78, 5) is 0. The minimum Gasteiger partial charge on any atom is -0.368 e. The first kappa shape index (κ1) is 10.4. The van der Waals surface area contributed by atoms with Crippen molar-refractivity contribution in [2.45, 2.75) is 44.3 Å². The molecule has 2 fully saturated rings. The number of epoxide rings is 1. The van der Waals surface area contributed by atoms with Crippen molar-refractivity contribution < 1.29 is 4.74 Å². The molecule has 1 saturated heterocycles. The lowest BCUT2D eigenvalue weighted by atomic mass is 9.78. The van der Waals surface area contributed by atoms with E-state index in [1.54, 1.807) is 0 Å². The van der Waals surface area contributed by atoms with Gasteiger partial charge in [0.1, 0.15) is 0 Å². The largest absolute Gasteiger partial charge is 0.368 e. The fraction of sp³-hybridized carbons (Fsp3) is 1.00. The molecule has 2 rings (SSSR count). The van der Waals surface area contributed by atoms with Crippen LogP contribution in [0.4, 0.5) is 0 Å². The van der Waals surface area contributed by atoms with Gasteiger partial charge in [-0.15, -0.1) is 0 Å². The summed E-state index contributed by atoms with van der Waals surface area (Å²) in [6, 6.07) is 0. The summed E-state index contributed by atoms with van der Waals surface area (Å²) in [5.41, 5.74) is 11.4. The van der Waals surface area contributed by atoms with Gasteiger partial charge in [0.15, 0.2) is 0 Å². The smallest absolute Gasteiger partial charge is 0.0967 e. The lowest BCUT2D eigenvalue weighted by molar-refractivity contribution is 0.204. The van der Waals surface area contributed by atoms with E-state index in [0.29, 0.717) is 24.7 Å². The molecular formula is C11H22N2O. The minimum atomic E-state index is 0.311. The van der Waals surface area contributed by atoms with Crippen molar-refractivity contribution in [2.24, 2.45) is 23.3 Å². The van der Waals surface area contributed by atoms with Crippen LogP contribution in [0.2, 0.25) is 0 Å². The van der Waals surface area contributed by atoms with Crippen LogP contribution in [0, 0.1) is 11.8 Å². The summed E-state index contributed by atoms with van der Waals surface area (Å²) in [6.45, 7) is 1.43. The Hall–Kier alpha value is -0.120. The van der Waals surface area contributed by atoms with Gasteiger partial charge in [0.05, 0.1) is 12.2 Å². The number of hydrogen-bond donors (Lipinski definition) is 2. The van der Waals surface area contributed by atoms with Crippen LogP contribution < -0.4 is 11.5 Å². The van der Waals surface area contributed by atoms with Crippen molar-refractivity contribution in [3.05, 3.63) is 0 Å². The maximum atomic E-state index is 5.84. The zero-order chi connectivity index (χ0) is 9.97. The highest BCUT2D eigenvalue weighted by Crippen LogP contribution is 2.39. The highest BCUT2D eigenvalue weighted by atomic mass is 16.6. The molecule has 3 atom stereocenters. The van der Waals surface area contributed by atoms with Crippen molar-refractivity contribution in [1.29, 1.82) is 0 Å². The molecule has 0 amide bonds. The fourth-order valence-electron chi connectivity index (χ4n) is 2.88. The van der Waals surface area contributed by atoms with Crippen molar-refractivity contribution in [2.75, 3.05) is 13.1 Å². The Morgan fingerprint density at radius 1 is 1.14 bits per heavy atom. The second kappa shape index (κ2) is 4.60. The van der Waals surface area contributed by atoms with E-state index < -0.39 is 0 Å². The van der Waals surface area contributed by atoms with E-state index in [0.717, 1.165) is 12.5 Å². The Bertz CT molecular complexity index is 180. The topological polar surface area (TPSA) is 64.6 Å². The number of ether oxygens (including phenoxy) is 1. The highest BCUT2D eigenvalue weighted by molar-refractivity contribution is 4.94. The van der Waals surface area contributed by atoms with E-state index in [2.05, 4.69) is 0 Å². The number of nitrogens with two attached hydrogens (primary N) is 2. The summed E-state index contributed by atoms with van der Waals surface area (Å²) >= 11 is 0. The first-order valence-corrected chi connectivity index (χ1v) is 5.92. The Balaban J connectivity index is 1.85. The van der Waals surface area contributed by atoms with Crippen molar-refractivity contribution in [1.82, 2.24) is 0 Å². The Morgan fingerprint density at radius 2 is 1.86 bits per heavy atom. The van der Waals surface area contributed by atoms with Crippen LogP contribution in [0.15, 0.2) is 0 Å². The van der Waals surface area contributed by atoms with Crippen LogP contribution in [-0.4, -0.2) is 25.3 Å². The predicted octanol–water partition coefficient (Wildman–Crippen LogP) is 0.868. The van der Waals surface area contributed by atoms with Crippen molar-refractivity contribution in [3.8, 4) is 0 Å². The van der Waals surface area contributed by atoms with Crippen LogP contribution in [0.25, 0.3) is 0 Å². The Kier molecular flexibility index (Phi) is 3.42. The van der Waals surface area contributed by atoms with Crippen molar-refractivity contribution in [3.63, 3.8) is 0 Å². The molecular weight excluding hydrogens is 176 g/mol. The number of hydrogen-bond acceptors (Lipinski definition) is 3. The molecule has 3 unspecified atom stereocenters. The molecule has 1 saturated carbocycles. The van der Waals surface area contributed by atoms with Gasteiger partial charge in [-0.05, 0) is 12.5 Å². The molecule has 0 spiro atoms. The monoisotopic (exact) mass is 198 g/mol. The third-order valence-electron chi connectivity index (χ3n) is 3.80. The van der Waals surface area contributed by atoms with Gasteiger partial charge in [0, 0.05) is 12.5 Å². The molecule has 14 heavy (non-hydrogen) atoms. The summed E-state index contributed by atoms with van der Waals surface area (Å²) < 4.78 is 5.57. The Labute approximate surface area is 86.2 Å². The molecule has 0 bridgehead atoms. The third kappa shape index (κ3) is 2.10. The third-order valence-corrected chi connectivity index (χ3v) is 3.80. The molecule has 0 aromatic rings. The molecule has 3 heteroatoms. The van der Waals surface area contributed by atoms with Gasteiger partial charge in [-0.1, -0.05) is 32.1 Å². The quantitative estimate of drug-likeness (QED) is 0.659. The van der Waals surface area contributed by atoms with E-state index in [9.17, 15) is 0 Å². The van der Waals surface area contributed by atoms with E-state index >= 15 is 0 Å². The summed E-state index contributed by atoms with van der Waals surface area (Å²) in [7, 11) is 0. The SMILES string of the molecule is NCC1OC1C(CN)C1CCCCC1. The van der Waals surface area contributed by atoms with Gasteiger partial charge in [0.2, 0.25) is 0 Å². The molecule has 3 nitrogen and oxygen atoms in total. The van der Waals surface area contributed by atoms with Gasteiger partial charge in [-0.25, -0.2) is 0 Å².